The lowest BCUT2D eigenvalue weighted by Crippen LogP contribution is -2.29. The molecule has 0 aliphatic heterocycles. The Morgan fingerprint density at radius 1 is 0.689 bits per heavy atom. The maximum Gasteiger partial charge on any atom is 0.265 e. The number of nitrogens with zero attached hydrogens (tertiary/aromatic N) is 3. The molecule has 3 N–H and O–H groups in total. The van der Waals surface area contributed by atoms with E-state index in [1.54, 1.807) is 30.5 Å². The lowest BCUT2D eigenvalue weighted by molar-refractivity contribution is 0.0953. The zero-order valence-electron chi connectivity index (χ0n) is 26.5. The van der Waals surface area contributed by atoms with Gasteiger partial charge in [0, 0.05) is 21.2 Å². The predicted octanol–water partition coefficient (Wildman–Crippen LogP) is 8.96. The van der Waals surface area contributed by atoms with E-state index >= 15 is 0 Å². The van der Waals surface area contributed by atoms with Gasteiger partial charge in [0.2, 0.25) is 0 Å². The van der Waals surface area contributed by atoms with E-state index in [1.165, 1.54) is 51.4 Å². The fourth-order valence-electron chi connectivity index (χ4n) is 4.44. The monoisotopic (exact) mass is 675 g/mol. The Balaban J connectivity index is 0.000000268. The molecule has 1 amide bonds. The van der Waals surface area contributed by atoms with Crippen LogP contribution in [0.2, 0.25) is 0 Å². The van der Waals surface area contributed by atoms with Crippen molar-refractivity contribution in [3.05, 3.63) is 89.0 Å². The molecule has 0 saturated carbocycles. The van der Waals surface area contributed by atoms with Crippen molar-refractivity contribution in [2.45, 2.75) is 78.1 Å². The number of halogens is 1. The highest BCUT2D eigenvalue weighted by Crippen LogP contribution is 2.22. The molecule has 9 heteroatoms. The largest absolute Gasteiger partial charge is 0.494 e. The molecule has 45 heavy (non-hydrogen) atoms. The lowest BCUT2D eigenvalue weighted by atomic mass is 10.1. The molecule has 0 aliphatic rings. The minimum Gasteiger partial charge on any atom is -0.494 e. The Bertz CT molecular complexity index is 1370. The normalized spacial score (nSPS) is 10.5. The number of nitrogen functional groups attached to an aromatic ring is 1. The molecule has 0 unspecified atom stereocenters. The van der Waals surface area contributed by atoms with E-state index in [4.69, 9.17) is 15.3 Å². The summed E-state index contributed by atoms with van der Waals surface area (Å²) in [4.78, 5) is 15.7. The number of rotatable bonds is 17. The number of hydrogen-bond donors (Lipinski definition) is 2. The Labute approximate surface area is 276 Å². The van der Waals surface area contributed by atoms with Crippen LogP contribution in [-0.4, -0.2) is 34.3 Å². The standard InChI is InChI=1S/C22H24BrN3O.C14H22N2O2/c1-2-3-4-5-6-15-27-20-13-9-17(10-14-20)21-16-24-22(26-25-21)18-7-11-19(23)12-8-18;1-2-3-4-5-6-11-18-13-9-7-12(8-10-13)14(17)16-15/h7-14,16H,2-6,15H2,1H3;7-10H,2-6,11,15H2,1H3,(H,16,17). The molecule has 8 nitrogen and oxygen atoms in total. The highest BCUT2D eigenvalue weighted by Gasteiger charge is 2.06. The van der Waals surface area contributed by atoms with Gasteiger partial charge in [-0.3, -0.25) is 10.2 Å². The second-order valence-electron chi connectivity index (χ2n) is 10.7. The van der Waals surface area contributed by atoms with Crippen LogP contribution in [0.3, 0.4) is 0 Å². The van der Waals surface area contributed by atoms with Gasteiger partial charge in [-0.15, -0.1) is 10.2 Å². The quantitative estimate of drug-likeness (QED) is 0.0497. The highest BCUT2D eigenvalue weighted by atomic mass is 79.9. The average molecular weight is 677 g/mol. The van der Waals surface area contributed by atoms with Crippen LogP contribution in [0.25, 0.3) is 22.6 Å². The summed E-state index contributed by atoms with van der Waals surface area (Å²) in [6.45, 7) is 5.93. The van der Waals surface area contributed by atoms with E-state index in [-0.39, 0.29) is 5.91 Å². The molecule has 0 bridgehead atoms. The van der Waals surface area contributed by atoms with Crippen LogP contribution in [0.1, 0.15) is 88.4 Å². The third-order valence-electron chi connectivity index (χ3n) is 7.09. The Morgan fingerprint density at radius 3 is 1.69 bits per heavy atom. The summed E-state index contributed by atoms with van der Waals surface area (Å²) in [6.07, 6.45) is 14.1. The Hall–Kier alpha value is -3.82. The number of ether oxygens (including phenoxy) is 2. The van der Waals surface area contributed by atoms with Gasteiger partial charge in [-0.05, 0) is 73.5 Å². The number of nitrogens with two attached hydrogens (primary N) is 1. The highest BCUT2D eigenvalue weighted by molar-refractivity contribution is 9.10. The molecule has 0 atom stereocenters. The number of hydrogen-bond acceptors (Lipinski definition) is 7. The first-order valence-corrected chi connectivity index (χ1v) is 16.8. The molecule has 0 fully saturated rings. The molecule has 0 radical (unpaired) electrons. The molecule has 0 saturated heterocycles. The molecule has 1 heterocycles. The number of nitrogens with one attached hydrogen (secondary N) is 1. The molecule has 0 spiro atoms. The van der Waals surface area contributed by atoms with E-state index in [0.29, 0.717) is 11.4 Å². The van der Waals surface area contributed by atoms with Gasteiger partial charge in [0.1, 0.15) is 17.2 Å². The van der Waals surface area contributed by atoms with Gasteiger partial charge in [-0.2, -0.15) is 0 Å². The van der Waals surface area contributed by atoms with Gasteiger partial charge in [0.15, 0.2) is 5.82 Å². The summed E-state index contributed by atoms with van der Waals surface area (Å²) in [7, 11) is 0. The van der Waals surface area contributed by atoms with Crippen molar-refractivity contribution in [1.29, 1.82) is 0 Å². The van der Waals surface area contributed by atoms with E-state index in [1.807, 2.05) is 48.5 Å². The van der Waals surface area contributed by atoms with Crippen molar-refractivity contribution in [2.24, 2.45) is 5.84 Å². The predicted molar refractivity (Wildman–Crippen MR) is 185 cm³/mol. The fraction of sp³-hybridized carbons (Fsp3) is 0.389. The van der Waals surface area contributed by atoms with Crippen molar-refractivity contribution < 1.29 is 14.3 Å². The third-order valence-corrected chi connectivity index (χ3v) is 7.62. The zero-order valence-corrected chi connectivity index (χ0v) is 28.1. The van der Waals surface area contributed by atoms with Crippen LogP contribution in [0.4, 0.5) is 0 Å². The first kappa shape index (κ1) is 35.7. The number of amides is 1. The van der Waals surface area contributed by atoms with Gasteiger partial charge in [0.05, 0.1) is 19.4 Å². The van der Waals surface area contributed by atoms with Crippen molar-refractivity contribution in [3.63, 3.8) is 0 Å². The van der Waals surface area contributed by atoms with Crippen LogP contribution in [0.15, 0.2) is 83.5 Å². The molecule has 4 aromatic rings. The number of carbonyl (C=O) groups excluding carboxylic acids is 1. The number of aromatic nitrogens is 3. The van der Waals surface area contributed by atoms with Gasteiger partial charge >= 0.3 is 0 Å². The fourth-order valence-corrected chi connectivity index (χ4v) is 4.70. The Morgan fingerprint density at radius 2 is 1.20 bits per heavy atom. The van der Waals surface area contributed by atoms with Gasteiger partial charge < -0.3 is 9.47 Å². The molecule has 4 rings (SSSR count). The molecule has 3 aromatic carbocycles. The first-order valence-electron chi connectivity index (χ1n) is 16.0. The second kappa shape index (κ2) is 21.0. The number of carbonyl (C=O) groups is 1. The zero-order chi connectivity index (χ0) is 32.1. The molecule has 1 aromatic heterocycles. The smallest absolute Gasteiger partial charge is 0.265 e. The second-order valence-corrected chi connectivity index (χ2v) is 11.6. The van der Waals surface area contributed by atoms with Crippen molar-refractivity contribution in [2.75, 3.05) is 13.2 Å². The van der Waals surface area contributed by atoms with E-state index < -0.39 is 0 Å². The van der Waals surface area contributed by atoms with Crippen molar-refractivity contribution >= 4 is 21.8 Å². The maximum absolute atomic E-state index is 11.2. The van der Waals surface area contributed by atoms with Crippen LogP contribution < -0.4 is 20.7 Å². The first-order chi connectivity index (χ1) is 22.0. The summed E-state index contributed by atoms with van der Waals surface area (Å²) in [5.74, 6) is 7.06. The maximum atomic E-state index is 11.2. The van der Waals surface area contributed by atoms with Crippen LogP contribution >= 0.6 is 15.9 Å². The molecule has 0 aliphatic carbocycles. The van der Waals surface area contributed by atoms with E-state index in [0.717, 1.165) is 58.8 Å². The van der Waals surface area contributed by atoms with Crippen LogP contribution in [-0.2, 0) is 0 Å². The van der Waals surface area contributed by atoms with Crippen molar-refractivity contribution in [3.8, 4) is 34.1 Å². The molecular weight excluding hydrogens is 630 g/mol. The number of unbranched alkanes of at least 4 members (excludes halogenated alkanes) is 8. The van der Waals surface area contributed by atoms with Crippen LogP contribution in [0.5, 0.6) is 11.5 Å². The SMILES string of the molecule is CCCCCCCOc1ccc(-c2cnc(-c3ccc(Br)cc3)nn2)cc1.CCCCCCCOc1ccc(C(=O)NN)cc1. The summed E-state index contributed by atoms with van der Waals surface area (Å²) < 4.78 is 12.4. The summed E-state index contributed by atoms with van der Waals surface area (Å²) in [6, 6.07) is 22.8. The topological polar surface area (TPSA) is 112 Å². The number of hydrazine groups is 1. The minimum atomic E-state index is -0.291. The van der Waals surface area contributed by atoms with E-state index in [9.17, 15) is 4.79 Å². The summed E-state index contributed by atoms with van der Waals surface area (Å²) in [5, 5.41) is 8.57. The van der Waals surface area contributed by atoms with Gasteiger partial charge in [-0.1, -0.05) is 93.3 Å². The summed E-state index contributed by atoms with van der Waals surface area (Å²) >= 11 is 3.43. The number of benzene rings is 3. The van der Waals surface area contributed by atoms with Gasteiger partial charge in [0.25, 0.3) is 5.91 Å². The van der Waals surface area contributed by atoms with Gasteiger partial charge in [-0.25, -0.2) is 10.8 Å². The average Bonchev–Trinajstić information content (AvgIpc) is 3.09. The lowest BCUT2D eigenvalue weighted by Gasteiger charge is -2.07. The molecular formula is C36H46BrN5O3. The third kappa shape index (κ3) is 13.4. The van der Waals surface area contributed by atoms with Crippen molar-refractivity contribution in [1.82, 2.24) is 20.6 Å². The minimum absolute atomic E-state index is 0.291. The Kier molecular flexibility index (Phi) is 16.6. The van der Waals surface area contributed by atoms with Crippen LogP contribution in [0, 0.1) is 0 Å². The summed E-state index contributed by atoms with van der Waals surface area (Å²) in [5.41, 5.74) is 5.30. The molecule has 240 valence electrons. The van der Waals surface area contributed by atoms with E-state index in [2.05, 4.69) is 50.4 Å².